The number of benzene rings is 1. The number of hydrogen-bond acceptors (Lipinski definition) is 3. The molecule has 90 valence electrons. The van der Waals surface area contributed by atoms with Crippen LogP contribution in [0.1, 0.15) is 16.3 Å². The van der Waals surface area contributed by atoms with Gasteiger partial charge in [0.15, 0.2) is 0 Å². The maximum atomic E-state index is 6.00. The van der Waals surface area contributed by atoms with E-state index >= 15 is 0 Å². The van der Waals surface area contributed by atoms with Crippen LogP contribution < -0.4 is 5.73 Å². The van der Waals surface area contributed by atoms with E-state index in [0.717, 1.165) is 34.1 Å². The molecule has 0 saturated heterocycles. The average molecular weight is 267 g/mol. The van der Waals surface area contributed by atoms with Crippen molar-refractivity contribution in [3.63, 3.8) is 0 Å². The molecule has 1 heterocycles. The molecule has 2 nitrogen and oxygen atoms in total. The molecule has 0 amide bonds. The molecule has 0 atom stereocenters. The molecule has 2 N–H and O–H groups in total. The van der Waals surface area contributed by atoms with Crippen molar-refractivity contribution in [2.45, 2.75) is 19.8 Å². The zero-order valence-corrected chi connectivity index (χ0v) is 11.3. The monoisotopic (exact) mass is 266 g/mol. The van der Waals surface area contributed by atoms with E-state index in [1.807, 2.05) is 24.3 Å². The molecule has 0 saturated carbocycles. The van der Waals surface area contributed by atoms with Gasteiger partial charge in [-0.15, -0.1) is 11.3 Å². The van der Waals surface area contributed by atoms with Crippen LogP contribution in [0.2, 0.25) is 5.02 Å². The second-order valence-electron chi connectivity index (χ2n) is 3.91. The first-order valence-electron chi connectivity index (χ1n) is 5.63. The molecule has 17 heavy (non-hydrogen) atoms. The number of nitrogens with two attached hydrogens (primary N) is 1. The summed E-state index contributed by atoms with van der Waals surface area (Å²) in [5, 5.41) is 1.90. The van der Waals surface area contributed by atoms with Gasteiger partial charge in [0, 0.05) is 21.9 Å². The molecule has 0 aliphatic rings. The number of aromatic nitrogens is 1. The Balaban J connectivity index is 2.29. The molecule has 0 aliphatic heterocycles. The van der Waals surface area contributed by atoms with Gasteiger partial charge in [0.1, 0.15) is 0 Å². The SMILES string of the molecule is Cc1sc(CCCN)nc1-c1cccc(Cl)c1. The number of rotatable bonds is 4. The quantitative estimate of drug-likeness (QED) is 0.917. The summed E-state index contributed by atoms with van der Waals surface area (Å²) >= 11 is 7.74. The summed E-state index contributed by atoms with van der Waals surface area (Å²) in [7, 11) is 0. The number of nitrogens with zero attached hydrogens (tertiary/aromatic N) is 1. The van der Waals surface area contributed by atoms with Crippen molar-refractivity contribution in [2.24, 2.45) is 5.73 Å². The van der Waals surface area contributed by atoms with Crippen LogP contribution in [0.15, 0.2) is 24.3 Å². The average Bonchev–Trinajstić information content (AvgIpc) is 2.68. The lowest BCUT2D eigenvalue weighted by Gasteiger charge is -1.98. The fourth-order valence-corrected chi connectivity index (χ4v) is 2.90. The Morgan fingerprint density at radius 2 is 2.24 bits per heavy atom. The third-order valence-corrected chi connectivity index (χ3v) is 3.80. The molecule has 1 aromatic heterocycles. The largest absolute Gasteiger partial charge is 0.330 e. The molecule has 0 aliphatic carbocycles. The topological polar surface area (TPSA) is 38.9 Å². The van der Waals surface area contributed by atoms with Gasteiger partial charge in [0.25, 0.3) is 0 Å². The minimum absolute atomic E-state index is 0.713. The first-order chi connectivity index (χ1) is 8.20. The summed E-state index contributed by atoms with van der Waals surface area (Å²) in [6, 6.07) is 7.83. The molecule has 0 unspecified atom stereocenters. The molecular weight excluding hydrogens is 252 g/mol. The number of halogens is 1. The highest BCUT2D eigenvalue weighted by Crippen LogP contribution is 2.29. The molecular formula is C13H15ClN2S. The van der Waals surface area contributed by atoms with E-state index in [-0.39, 0.29) is 0 Å². The predicted molar refractivity (Wildman–Crippen MR) is 74.7 cm³/mol. The van der Waals surface area contributed by atoms with E-state index in [2.05, 4.69) is 11.9 Å². The number of hydrogen-bond donors (Lipinski definition) is 1. The zero-order valence-electron chi connectivity index (χ0n) is 9.74. The molecule has 0 spiro atoms. The molecule has 4 heteroatoms. The van der Waals surface area contributed by atoms with Crippen molar-refractivity contribution in [1.82, 2.24) is 4.98 Å². The first-order valence-corrected chi connectivity index (χ1v) is 6.82. The van der Waals surface area contributed by atoms with Crippen LogP contribution in [0.5, 0.6) is 0 Å². The van der Waals surface area contributed by atoms with Crippen LogP contribution >= 0.6 is 22.9 Å². The van der Waals surface area contributed by atoms with Crippen molar-refractivity contribution in [1.29, 1.82) is 0 Å². The number of aryl methyl sites for hydroxylation is 2. The number of thiazole rings is 1. The summed E-state index contributed by atoms with van der Waals surface area (Å²) in [6.45, 7) is 2.81. The third kappa shape index (κ3) is 3.06. The second kappa shape index (κ2) is 5.63. The maximum absolute atomic E-state index is 6.00. The van der Waals surface area contributed by atoms with Gasteiger partial charge in [0.05, 0.1) is 10.7 Å². The third-order valence-electron chi connectivity index (χ3n) is 2.53. The molecule has 2 aromatic rings. The predicted octanol–water partition coefficient (Wildman–Crippen LogP) is 3.66. The smallest absolute Gasteiger partial charge is 0.0935 e. The van der Waals surface area contributed by atoms with E-state index in [1.54, 1.807) is 11.3 Å². The maximum Gasteiger partial charge on any atom is 0.0935 e. The molecule has 0 fully saturated rings. The zero-order chi connectivity index (χ0) is 12.3. The van der Waals surface area contributed by atoms with Crippen LogP contribution in [0, 0.1) is 6.92 Å². The summed E-state index contributed by atoms with van der Waals surface area (Å²) in [4.78, 5) is 5.90. The molecule has 1 aromatic carbocycles. The fourth-order valence-electron chi connectivity index (χ4n) is 1.72. The summed E-state index contributed by atoms with van der Waals surface area (Å²) in [5.74, 6) is 0. The van der Waals surface area contributed by atoms with Crippen LogP contribution in [0.25, 0.3) is 11.3 Å². The summed E-state index contributed by atoms with van der Waals surface area (Å²) in [5.41, 5.74) is 7.65. The van der Waals surface area contributed by atoms with Gasteiger partial charge in [-0.05, 0) is 32.0 Å². The van der Waals surface area contributed by atoms with Crippen molar-refractivity contribution in [3.8, 4) is 11.3 Å². The molecule has 2 rings (SSSR count). The Morgan fingerprint density at radius 1 is 1.41 bits per heavy atom. The Bertz CT molecular complexity index is 508. The van der Waals surface area contributed by atoms with Crippen LogP contribution in [0.3, 0.4) is 0 Å². The van der Waals surface area contributed by atoms with Crippen LogP contribution in [0.4, 0.5) is 0 Å². The van der Waals surface area contributed by atoms with E-state index in [1.165, 1.54) is 4.88 Å². The van der Waals surface area contributed by atoms with Gasteiger partial charge in [-0.25, -0.2) is 4.98 Å². The molecule has 0 bridgehead atoms. The van der Waals surface area contributed by atoms with Gasteiger partial charge >= 0.3 is 0 Å². The van der Waals surface area contributed by atoms with Crippen molar-refractivity contribution < 1.29 is 0 Å². The van der Waals surface area contributed by atoms with Gasteiger partial charge in [-0.3, -0.25) is 0 Å². The van der Waals surface area contributed by atoms with E-state index < -0.39 is 0 Å². The highest BCUT2D eigenvalue weighted by Gasteiger charge is 2.09. The van der Waals surface area contributed by atoms with Gasteiger partial charge < -0.3 is 5.73 Å². The van der Waals surface area contributed by atoms with E-state index in [4.69, 9.17) is 17.3 Å². The van der Waals surface area contributed by atoms with Gasteiger partial charge in [0.2, 0.25) is 0 Å². The van der Waals surface area contributed by atoms with E-state index in [9.17, 15) is 0 Å². The van der Waals surface area contributed by atoms with Crippen molar-refractivity contribution in [2.75, 3.05) is 6.54 Å². The minimum atomic E-state index is 0.713. The van der Waals surface area contributed by atoms with Crippen LogP contribution in [-0.4, -0.2) is 11.5 Å². The Hall–Kier alpha value is -0.900. The van der Waals surface area contributed by atoms with E-state index in [0.29, 0.717) is 6.54 Å². The van der Waals surface area contributed by atoms with Crippen molar-refractivity contribution >= 4 is 22.9 Å². The van der Waals surface area contributed by atoms with Gasteiger partial charge in [-0.1, -0.05) is 23.7 Å². The lowest BCUT2D eigenvalue weighted by atomic mass is 10.1. The highest BCUT2D eigenvalue weighted by molar-refractivity contribution is 7.12. The minimum Gasteiger partial charge on any atom is -0.330 e. The molecule has 0 radical (unpaired) electrons. The lowest BCUT2D eigenvalue weighted by molar-refractivity contribution is 0.826. The Morgan fingerprint density at radius 3 is 2.94 bits per heavy atom. The fraction of sp³-hybridized carbons (Fsp3) is 0.308. The Labute approximate surface area is 110 Å². The highest BCUT2D eigenvalue weighted by atomic mass is 35.5. The lowest BCUT2D eigenvalue weighted by Crippen LogP contribution is -1.99. The Kier molecular flexibility index (Phi) is 4.15. The summed E-state index contributed by atoms with van der Waals surface area (Å²) in [6.07, 6.45) is 1.95. The van der Waals surface area contributed by atoms with Crippen LogP contribution in [-0.2, 0) is 6.42 Å². The standard InChI is InChI=1S/C13H15ClN2S/c1-9-13(10-4-2-5-11(14)8-10)16-12(17-9)6-3-7-15/h2,4-5,8H,3,6-7,15H2,1H3. The normalized spacial score (nSPS) is 10.8. The van der Waals surface area contributed by atoms with Gasteiger partial charge in [-0.2, -0.15) is 0 Å². The second-order valence-corrected chi connectivity index (χ2v) is 5.64. The van der Waals surface area contributed by atoms with Crippen molar-refractivity contribution in [3.05, 3.63) is 39.2 Å². The summed E-state index contributed by atoms with van der Waals surface area (Å²) < 4.78 is 0. The first kappa shape index (κ1) is 12.6.